The first-order valence-electron chi connectivity index (χ1n) is 40.5. The Labute approximate surface area is 705 Å². The number of carboxylic acid groups (broad SMARTS) is 2. The number of esters is 2. The molecule has 7 aromatic rings. The Morgan fingerprint density at radius 2 is 0.790 bits per heavy atom. The molecule has 1 aliphatic heterocycles. The second-order valence-electron chi connectivity index (χ2n) is 25.7. The molecule has 1 heterocycles. The summed E-state index contributed by atoms with van der Waals surface area (Å²) in [5.41, 5.74) is 13.4. The van der Waals surface area contributed by atoms with Gasteiger partial charge in [-0.3, -0.25) is 33.6 Å². The van der Waals surface area contributed by atoms with Gasteiger partial charge in [0.05, 0.1) is 26.9 Å². The number of nitrogens with one attached hydrogen (secondary N) is 1. The van der Waals surface area contributed by atoms with Crippen LogP contribution in [0.25, 0.3) is 24.3 Å². The number of ether oxygens (including phenoxy) is 10. The fourth-order valence-corrected chi connectivity index (χ4v) is 10.3. The number of aliphatic carboxylic acids is 2. The van der Waals surface area contributed by atoms with E-state index in [1.165, 1.54) is 31.4 Å². The predicted molar refractivity (Wildman–Crippen MR) is 470 cm³/mol. The van der Waals surface area contributed by atoms with E-state index in [4.69, 9.17) is 49.5 Å². The number of hydrogen-bond acceptors (Lipinski definition) is 20. The van der Waals surface area contributed by atoms with E-state index in [0.29, 0.717) is 107 Å². The van der Waals surface area contributed by atoms with Crippen LogP contribution in [0.3, 0.4) is 0 Å². The van der Waals surface area contributed by atoms with Gasteiger partial charge < -0.3 is 72.9 Å². The van der Waals surface area contributed by atoms with Crippen molar-refractivity contribution in [1.82, 2.24) is 10.2 Å². The van der Waals surface area contributed by atoms with Crippen molar-refractivity contribution in [1.29, 1.82) is 0 Å². The van der Waals surface area contributed by atoms with Gasteiger partial charge in [0.15, 0.2) is 18.9 Å². The fraction of sp³-hybridized carbons (Fsp3) is 0.351. The zero-order valence-electron chi connectivity index (χ0n) is 71.9. The van der Waals surface area contributed by atoms with Gasteiger partial charge in [-0.15, -0.1) is 6.58 Å². The van der Waals surface area contributed by atoms with Crippen LogP contribution in [0.4, 0.5) is 0 Å². The highest BCUT2D eigenvalue weighted by Crippen LogP contribution is 2.29. The zero-order valence-corrected chi connectivity index (χ0v) is 70.9. The molecular weight excluding hydrogens is 1510 g/mol. The summed E-state index contributed by atoms with van der Waals surface area (Å²) in [6.07, 6.45) is 26.8. The Hall–Kier alpha value is -11.2. The normalized spacial score (nSPS) is 12.3. The zero-order chi connectivity index (χ0) is 88.3. The number of allylic oxidation sites excluding steroid dienone is 6. The summed E-state index contributed by atoms with van der Waals surface area (Å²) in [5.74, 6) is -1.38. The van der Waals surface area contributed by atoms with E-state index in [-0.39, 0.29) is 56.8 Å². The van der Waals surface area contributed by atoms with E-state index < -0.39 is 18.0 Å². The Morgan fingerprint density at radius 3 is 1.11 bits per heavy atom. The van der Waals surface area contributed by atoms with Crippen molar-refractivity contribution in [3.63, 3.8) is 0 Å². The minimum Gasteiger partial charge on any atom is -0.481 e. The van der Waals surface area contributed by atoms with Gasteiger partial charge >= 0.3 is 23.9 Å². The van der Waals surface area contributed by atoms with Gasteiger partial charge in [-0.05, 0) is 146 Å². The van der Waals surface area contributed by atoms with Crippen molar-refractivity contribution in [3.05, 3.63) is 309 Å². The largest absolute Gasteiger partial charge is 0.481 e. The van der Waals surface area contributed by atoms with E-state index in [1.807, 2.05) is 243 Å². The monoisotopic (exact) mass is 1640 g/mol. The van der Waals surface area contributed by atoms with Crippen LogP contribution in [0.15, 0.2) is 231 Å². The molecule has 119 heavy (non-hydrogen) atoms. The molecule has 1 aliphatic rings. The molecule has 0 fully saturated rings. The molecule has 0 saturated carbocycles. The molecule has 0 spiro atoms. The van der Waals surface area contributed by atoms with Crippen LogP contribution in [0.2, 0.25) is 0 Å². The number of carboxylic acids is 2. The lowest BCUT2D eigenvalue weighted by Crippen LogP contribution is -2.10. The molecule has 0 amide bonds. The van der Waals surface area contributed by atoms with Gasteiger partial charge in [-0.1, -0.05) is 231 Å². The molecule has 4 N–H and O–H groups in total. The number of benzene rings is 7. The summed E-state index contributed by atoms with van der Waals surface area (Å²) in [6.45, 7) is 23.0. The van der Waals surface area contributed by atoms with Crippen molar-refractivity contribution >= 4 is 67.0 Å². The first-order valence-corrected chi connectivity index (χ1v) is 39.7. The molecular formula is C97H124N2O20. The van der Waals surface area contributed by atoms with Crippen molar-refractivity contribution < 1.29 is 97.6 Å². The molecule has 0 bridgehead atoms. The minimum atomic E-state index is -0.795. The van der Waals surface area contributed by atoms with Gasteiger partial charge in [0.2, 0.25) is 0 Å². The maximum absolute atomic E-state index is 10.9. The fourth-order valence-electron chi connectivity index (χ4n) is 10.3. The topological polar surface area (TPSA) is 288 Å². The predicted octanol–water partition coefficient (Wildman–Crippen LogP) is 19.7. The second-order valence-corrected chi connectivity index (χ2v) is 25.7. The Bertz CT molecular complexity index is 4130. The van der Waals surface area contributed by atoms with Gasteiger partial charge in [-0.25, -0.2) is 0 Å². The molecule has 22 heteroatoms. The quantitative estimate of drug-likeness (QED) is 0.0120. The second kappa shape index (κ2) is 65.8. The Morgan fingerprint density at radius 1 is 0.471 bits per heavy atom. The maximum Gasteiger partial charge on any atom is 0.305 e. The molecule has 8 rings (SSSR count). The molecule has 0 saturated heterocycles. The first-order chi connectivity index (χ1) is 58.2. The Balaban J connectivity index is 0.000000476. The van der Waals surface area contributed by atoms with Crippen LogP contribution in [-0.2, 0) is 79.6 Å². The lowest BCUT2D eigenvalue weighted by molar-refractivity contribution is -0.141. The highest BCUT2D eigenvalue weighted by molar-refractivity contribution is 5.76. The van der Waals surface area contributed by atoms with Crippen molar-refractivity contribution in [3.8, 4) is 0 Å². The standard InChI is InChI=1S/C18H24O4.2C14H19NO2.C14H20O3.C13H14O3.C12H16O3.C12H12O3/c1-4-19-17-9-7-8-16(22-17)14-10-12-15(13-11-14)18(20-5-2)21-6-3;1-15-11-13-9-7-12(8-10-13)5-3-4-6-14(16)17-2;1-15(2)11-13-9-7-12(8-10-13)5-3-4-6-14(16)17;1-4-13(15)11-7-9-12(10-8-11)14(16-5-2)17-6-3;1-16-13(15)5-3-2-4-11-6-8-12(10-14)9-7-11;1-3-14-12(15-4-2)11-7-5-10(9-13)6-8-11;13-9-11-7-5-10(6-8-11)3-1-2-4-12(14)15/h7-13,16,18H,4-6H2,1-3H3;3,5,7-10,15H,4,6,11H2,1-2H3;3,5,7-10H,4,6,11H2,1-2H3,(H,16,17);4,7-10,13-15H,1,5-6H2,2-3H3;2,4,6-10H,3,5H2,1H3;5-9,12H,3-4H2,1-2H3;1,3,5-9H,2,4H2,(H,14,15)/b;2*5-3+;;4-2+;;3-1+/i;;1D;;;;. The van der Waals surface area contributed by atoms with Gasteiger partial charge in [0, 0.05) is 119 Å². The van der Waals surface area contributed by atoms with Crippen molar-refractivity contribution in [2.45, 2.75) is 144 Å². The van der Waals surface area contributed by atoms with Crippen LogP contribution in [0.1, 0.15) is 225 Å². The van der Waals surface area contributed by atoms with Gasteiger partial charge in [0.25, 0.3) is 5.95 Å². The lowest BCUT2D eigenvalue weighted by Gasteiger charge is -2.22. The van der Waals surface area contributed by atoms with Gasteiger partial charge in [0.1, 0.15) is 25.0 Å². The molecule has 22 nitrogen and oxygen atoms in total. The maximum atomic E-state index is 10.9. The molecule has 0 radical (unpaired) electrons. The number of rotatable bonds is 43. The molecule has 2 unspecified atom stereocenters. The van der Waals surface area contributed by atoms with Crippen LogP contribution in [0.5, 0.6) is 0 Å². The highest BCUT2D eigenvalue weighted by Gasteiger charge is 2.18. The number of nitrogens with zero attached hydrogens (tertiary/aromatic N) is 1. The summed E-state index contributed by atoms with van der Waals surface area (Å²) in [6, 6.07) is 53.5. The third-order valence-corrected chi connectivity index (χ3v) is 16.3. The Kier molecular flexibility index (Phi) is 56.5. The van der Waals surface area contributed by atoms with E-state index in [1.54, 1.807) is 36.4 Å². The smallest absolute Gasteiger partial charge is 0.305 e. The molecule has 642 valence electrons. The third kappa shape index (κ3) is 47.7. The summed E-state index contributed by atoms with van der Waals surface area (Å²) >= 11 is 0. The third-order valence-electron chi connectivity index (χ3n) is 16.3. The summed E-state index contributed by atoms with van der Waals surface area (Å²) in [4.78, 5) is 75.4. The number of aliphatic hydroxyl groups excluding tert-OH is 1. The van der Waals surface area contributed by atoms with E-state index in [2.05, 4.69) is 45.6 Å². The van der Waals surface area contributed by atoms with Crippen LogP contribution < -0.4 is 5.32 Å². The SMILES string of the molecule is C=CC(O)c1ccc(C(OCC)OCC)cc1.CCOC(OCC)c1ccc(C=O)cc1.CCOC1=CC=CC(c2ccc(C(OCC)OCC)cc2)O1.CNCc1ccc(/C=C/CCC(=O)OC)cc1.COC(=O)CC/C=C/c1ccc(C=O)cc1.O=Cc1ccc(/C=C/CCC(=O)O)cc1.[2H]CN(C)Cc1ccc(/C=C/CCC(=O)O)cc1. The van der Waals surface area contributed by atoms with Crippen LogP contribution >= 0.6 is 0 Å². The van der Waals surface area contributed by atoms with E-state index in [0.717, 1.165) is 82.0 Å². The average Bonchev–Trinajstić information content (AvgIpc) is 0.846. The molecule has 0 aromatic heterocycles. The average molecular weight is 1640 g/mol. The highest BCUT2D eigenvalue weighted by atomic mass is 16.7. The number of methoxy groups -OCH3 is 2. The lowest BCUT2D eigenvalue weighted by atomic mass is 10.1. The van der Waals surface area contributed by atoms with E-state index in [9.17, 15) is 38.7 Å². The van der Waals surface area contributed by atoms with Crippen LogP contribution in [-0.4, -0.2) is 145 Å². The number of aldehydes is 3. The molecule has 7 aromatic carbocycles. The molecule has 2 atom stereocenters. The number of carbonyl (C=O) groups is 7. The van der Waals surface area contributed by atoms with Crippen molar-refractivity contribution in [2.24, 2.45) is 0 Å². The van der Waals surface area contributed by atoms with Gasteiger partial charge in [-0.2, -0.15) is 0 Å². The summed E-state index contributed by atoms with van der Waals surface area (Å²) in [5, 5.41) is 29.6. The molecule has 0 aliphatic carbocycles. The summed E-state index contributed by atoms with van der Waals surface area (Å²) < 4.78 is 60.6. The number of carbonyl (C=O) groups excluding carboxylic acids is 5. The first kappa shape index (κ1) is 102. The van der Waals surface area contributed by atoms with Crippen LogP contribution in [0, 0.1) is 0 Å². The van der Waals surface area contributed by atoms with E-state index >= 15 is 0 Å². The van der Waals surface area contributed by atoms with Crippen molar-refractivity contribution in [2.75, 3.05) is 81.6 Å². The summed E-state index contributed by atoms with van der Waals surface area (Å²) in [7, 11) is 6.92. The minimum absolute atomic E-state index is 0.127. The number of hydrogen-bond donors (Lipinski definition) is 4. The number of aliphatic hydroxyl groups is 1.